The zero-order chi connectivity index (χ0) is 31.3. The van der Waals surface area contributed by atoms with Gasteiger partial charge in [0.1, 0.15) is 23.8 Å². The number of hydrogen-bond acceptors (Lipinski definition) is 8. The number of aliphatic hydroxyl groups is 6. The molecule has 43 heavy (non-hydrogen) atoms. The molecule has 0 spiro atoms. The molecule has 0 aliphatic carbocycles. The lowest BCUT2D eigenvalue weighted by atomic mass is 9.78. The number of anilines is 1. The summed E-state index contributed by atoms with van der Waals surface area (Å²) < 4.78 is 26.9. The first-order valence-corrected chi connectivity index (χ1v) is 13.7. The summed E-state index contributed by atoms with van der Waals surface area (Å²) in [6.07, 6.45) is -9.03. The quantitative estimate of drug-likeness (QED) is 0.115. The number of amides is 2. The minimum Gasteiger partial charge on any atom is -0.390 e. The van der Waals surface area contributed by atoms with Crippen molar-refractivity contribution in [1.82, 2.24) is 5.32 Å². The number of rotatable bonds is 13. The highest BCUT2D eigenvalue weighted by molar-refractivity contribution is 6.03. The van der Waals surface area contributed by atoms with Crippen LogP contribution in [0.3, 0.4) is 0 Å². The van der Waals surface area contributed by atoms with Crippen molar-refractivity contribution in [2.24, 2.45) is 5.92 Å². The van der Waals surface area contributed by atoms with Crippen molar-refractivity contribution in [2.75, 3.05) is 4.90 Å². The Labute approximate surface area is 246 Å². The largest absolute Gasteiger partial charge is 0.390 e. The predicted octanol–water partition coefficient (Wildman–Crippen LogP) is 1.58. The lowest BCUT2D eigenvalue weighted by Crippen LogP contribution is -2.55. The van der Waals surface area contributed by atoms with E-state index in [0.29, 0.717) is 23.2 Å². The van der Waals surface area contributed by atoms with Gasteiger partial charge in [-0.2, -0.15) is 0 Å². The highest BCUT2D eigenvalue weighted by Gasteiger charge is 2.48. The van der Waals surface area contributed by atoms with Gasteiger partial charge in [-0.05, 0) is 65.9 Å². The summed E-state index contributed by atoms with van der Waals surface area (Å²) in [5.74, 6) is -2.27. The molecule has 0 bridgehead atoms. The molecule has 1 fully saturated rings. The summed E-state index contributed by atoms with van der Waals surface area (Å²) in [5.41, 5.74) is 2.40. The molecule has 6 unspecified atom stereocenters. The first kappa shape index (κ1) is 32.1. The fraction of sp³-hybridized carbons (Fsp3) is 0.355. The molecule has 4 rings (SSSR count). The molecule has 1 heterocycles. The van der Waals surface area contributed by atoms with Gasteiger partial charge >= 0.3 is 0 Å². The van der Waals surface area contributed by atoms with Gasteiger partial charge in [0, 0.05) is 12.2 Å². The minimum absolute atomic E-state index is 0.0197. The molecule has 0 aromatic heterocycles. The van der Waals surface area contributed by atoms with Crippen molar-refractivity contribution >= 4 is 17.5 Å². The summed E-state index contributed by atoms with van der Waals surface area (Å²) in [4.78, 5) is 27.2. The number of benzene rings is 3. The number of nitrogens with zero attached hydrogens (tertiary/aromatic N) is 1. The summed E-state index contributed by atoms with van der Waals surface area (Å²) in [5, 5.41) is 60.3. The Balaban J connectivity index is 1.47. The number of halogens is 2. The molecule has 2 amide bonds. The maximum atomic E-state index is 13.6. The smallest absolute Gasteiger partial charge is 0.233 e. The van der Waals surface area contributed by atoms with Crippen LogP contribution in [0.1, 0.15) is 48.1 Å². The van der Waals surface area contributed by atoms with E-state index in [4.69, 9.17) is 10.2 Å². The van der Waals surface area contributed by atoms with Gasteiger partial charge in [-0.1, -0.05) is 36.4 Å². The molecule has 10 nitrogen and oxygen atoms in total. The maximum absolute atomic E-state index is 13.6. The second-order valence-corrected chi connectivity index (χ2v) is 10.6. The number of β-lactam (4-membered cyclic amide) rings is 1. The van der Waals surface area contributed by atoms with E-state index in [1.807, 2.05) is 6.07 Å². The van der Waals surface area contributed by atoms with Crippen LogP contribution in [0.4, 0.5) is 14.5 Å². The van der Waals surface area contributed by atoms with Crippen LogP contribution in [0.15, 0.2) is 72.8 Å². The molecule has 7 N–H and O–H groups in total. The molecule has 0 saturated carbocycles. The molecule has 12 heteroatoms. The molecule has 1 aliphatic heterocycles. The van der Waals surface area contributed by atoms with Gasteiger partial charge in [-0.15, -0.1) is 0 Å². The van der Waals surface area contributed by atoms with Gasteiger partial charge in [0.2, 0.25) is 11.8 Å². The highest BCUT2D eigenvalue weighted by Crippen LogP contribution is 2.46. The molecule has 0 radical (unpaired) electrons. The first-order chi connectivity index (χ1) is 20.5. The normalized spacial score (nSPS) is 19.5. The van der Waals surface area contributed by atoms with Gasteiger partial charge in [0.05, 0.1) is 30.6 Å². The van der Waals surface area contributed by atoms with Gasteiger partial charge in [0.15, 0.2) is 6.29 Å². The van der Waals surface area contributed by atoms with E-state index in [0.717, 1.165) is 5.56 Å². The Morgan fingerprint density at radius 1 is 0.860 bits per heavy atom. The fourth-order valence-electron chi connectivity index (χ4n) is 5.16. The van der Waals surface area contributed by atoms with Crippen LogP contribution in [0.25, 0.3) is 0 Å². The number of carbonyl (C=O) groups is 2. The number of nitrogens with one attached hydrogen (secondary N) is 1. The third kappa shape index (κ3) is 7.79. The molecule has 1 aliphatic rings. The maximum Gasteiger partial charge on any atom is 0.233 e. The number of aliphatic hydroxyl groups excluding tert-OH is 5. The van der Waals surface area contributed by atoms with Crippen LogP contribution in [-0.2, 0) is 16.1 Å². The SMILES string of the molecule is O=C(CC(O)C(O)C(O)C(O)O)NCc1cccc(C2C(CCC(O)c3ccc(F)cc3)C(=O)N2c2ccc(F)cc2)c1. The van der Waals surface area contributed by atoms with Gasteiger partial charge < -0.3 is 40.9 Å². The molecular formula is C31H34F2N2O8. The molecule has 230 valence electrons. The summed E-state index contributed by atoms with van der Waals surface area (Å²) in [6, 6.07) is 17.6. The topological polar surface area (TPSA) is 171 Å². The first-order valence-electron chi connectivity index (χ1n) is 13.7. The van der Waals surface area contributed by atoms with Gasteiger partial charge in [-0.25, -0.2) is 8.78 Å². The Hall–Kier alpha value is -3.78. The average Bonchev–Trinajstić information content (AvgIpc) is 2.99. The minimum atomic E-state index is -2.29. The monoisotopic (exact) mass is 600 g/mol. The number of carbonyl (C=O) groups excluding carboxylic acids is 2. The fourth-order valence-corrected chi connectivity index (χ4v) is 5.16. The average molecular weight is 601 g/mol. The second-order valence-electron chi connectivity index (χ2n) is 10.6. The second kappa shape index (κ2) is 14.1. The Kier molecular flexibility index (Phi) is 10.6. The summed E-state index contributed by atoms with van der Waals surface area (Å²) in [6.45, 7) is 0.0197. The van der Waals surface area contributed by atoms with Crippen molar-refractivity contribution < 1.29 is 49.0 Å². The standard InChI is InChI=1S/C31H34F2N2O8/c32-20-6-4-18(5-7-20)24(36)13-12-23-27(35(30(23)41)22-10-8-21(33)9-11-22)19-3-1-2-17(14-19)16-34-26(38)15-25(37)28(39)29(40)31(42)43/h1-11,14,23-25,27-29,31,36-37,39-40,42-43H,12-13,15-16H2,(H,34,38). The van der Waals surface area contributed by atoms with E-state index >= 15 is 0 Å². The van der Waals surface area contributed by atoms with Crippen LogP contribution in [0.2, 0.25) is 0 Å². The molecule has 3 aromatic carbocycles. The zero-order valence-electron chi connectivity index (χ0n) is 23.0. The Morgan fingerprint density at radius 3 is 2.12 bits per heavy atom. The van der Waals surface area contributed by atoms with Crippen LogP contribution < -0.4 is 10.2 Å². The molecule has 3 aromatic rings. The van der Waals surface area contributed by atoms with Crippen LogP contribution >= 0.6 is 0 Å². The van der Waals surface area contributed by atoms with Crippen molar-refractivity contribution in [2.45, 2.75) is 62.6 Å². The van der Waals surface area contributed by atoms with E-state index in [1.165, 1.54) is 48.5 Å². The van der Waals surface area contributed by atoms with E-state index in [2.05, 4.69) is 5.32 Å². The molecular weight excluding hydrogens is 566 g/mol. The summed E-state index contributed by atoms with van der Waals surface area (Å²) >= 11 is 0. The zero-order valence-corrected chi connectivity index (χ0v) is 23.0. The van der Waals surface area contributed by atoms with E-state index in [-0.39, 0.29) is 18.9 Å². The predicted molar refractivity (Wildman–Crippen MR) is 150 cm³/mol. The van der Waals surface area contributed by atoms with Crippen LogP contribution in [0, 0.1) is 17.6 Å². The van der Waals surface area contributed by atoms with E-state index < -0.39 is 66.6 Å². The van der Waals surface area contributed by atoms with Gasteiger partial charge in [0.25, 0.3) is 0 Å². The lowest BCUT2D eigenvalue weighted by molar-refractivity contribution is -0.178. The number of hydrogen-bond donors (Lipinski definition) is 7. The van der Waals surface area contributed by atoms with E-state index in [9.17, 15) is 38.8 Å². The molecule has 6 atom stereocenters. The van der Waals surface area contributed by atoms with Gasteiger partial charge in [-0.3, -0.25) is 9.59 Å². The summed E-state index contributed by atoms with van der Waals surface area (Å²) in [7, 11) is 0. The third-order valence-electron chi connectivity index (χ3n) is 7.55. The van der Waals surface area contributed by atoms with E-state index in [1.54, 1.807) is 23.1 Å². The van der Waals surface area contributed by atoms with Crippen molar-refractivity contribution in [3.8, 4) is 0 Å². The van der Waals surface area contributed by atoms with Crippen molar-refractivity contribution in [3.63, 3.8) is 0 Å². The Morgan fingerprint density at radius 2 is 1.49 bits per heavy atom. The Bertz CT molecular complexity index is 1390. The highest BCUT2D eigenvalue weighted by atomic mass is 19.1. The van der Waals surface area contributed by atoms with Crippen molar-refractivity contribution in [3.05, 3.63) is 101 Å². The van der Waals surface area contributed by atoms with Crippen LogP contribution in [0.5, 0.6) is 0 Å². The lowest BCUT2D eigenvalue weighted by Gasteiger charge is -2.48. The third-order valence-corrected chi connectivity index (χ3v) is 7.55. The molecule has 1 saturated heterocycles. The van der Waals surface area contributed by atoms with Crippen molar-refractivity contribution in [1.29, 1.82) is 0 Å². The van der Waals surface area contributed by atoms with Crippen LogP contribution in [-0.4, -0.2) is 67.1 Å².